The van der Waals surface area contributed by atoms with Crippen LogP contribution < -0.4 is 5.32 Å². The number of hydrogen-bond acceptors (Lipinski definition) is 4. The summed E-state index contributed by atoms with van der Waals surface area (Å²) in [7, 11) is 0. The molecule has 0 aliphatic heterocycles. The van der Waals surface area contributed by atoms with Crippen molar-refractivity contribution in [2.24, 2.45) is 0 Å². The second kappa shape index (κ2) is 37.6. The number of carbonyl (C=O) groups excluding carboxylic acids is 1. The van der Waals surface area contributed by atoms with Crippen LogP contribution in [-0.2, 0) is 4.79 Å². The van der Waals surface area contributed by atoms with Gasteiger partial charge in [-0.3, -0.25) is 4.79 Å². The van der Waals surface area contributed by atoms with Crippen molar-refractivity contribution in [3.8, 4) is 0 Å². The molecule has 0 radical (unpaired) electrons. The Labute approximate surface area is 292 Å². The Hall–Kier alpha value is -1.17. The van der Waals surface area contributed by atoms with Crippen LogP contribution in [0.25, 0.3) is 0 Å². The van der Waals surface area contributed by atoms with Crippen LogP contribution in [0.4, 0.5) is 0 Å². The molecule has 0 rings (SSSR count). The van der Waals surface area contributed by atoms with Crippen LogP contribution in [0.3, 0.4) is 0 Å². The quantitative estimate of drug-likeness (QED) is 0.0393. The van der Waals surface area contributed by atoms with Gasteiger partial charge in [-0.1, -0.05) is 192 Å². The number of aliphatic hydroxyl groups excluding tert-OH is 3. The van der Waals surface area contributed by atoms with Crippen molar-refractivity contribution in [2.75, 3.05) is 6.61 Å². The van der Waals surface area contributed by atoms with Gasteiger partial charge in [0.05, 0.1) is 18.8 Å². The molecule has 5 heteroatoms. The van der Waals surface area contributed by atoms with E-state index in [1.165, 1.54) is 161 Å². The first-order valence-corrected chi connectivity index (χ1v) is 20.7. The van der Waals surface area contributed by atoms with Crippen LogP contribution in [-0.4, -0.2) is 46.1 Å². The van der Waals surface area contributed by atoms with Gasteiger partial charge in [0.1, 0.15) is 6.10 Å². The second-order valence-corrected chi connectivity index (χ2v) is 14.2. The van der Waals surface area contributed by atoms with Crippen molar-refractivity contribution < 1.29 is 20.1 Å². The van der Waals surface area contributed by atoms with Gasteiger partial charge in [-0.15, -0.1) is 0 Å². The largest absolute Gasteiger partial charge is 0.394 e. The van der Waals surface area contributed by atoms with Crippen LogP contribution in [0.5, 0.6) is 0 Å². The molecule has 3 atom stereocenters. The molecule has 0 aromatic heterocycles. The van der Waals surface area contributed by atoms with Gasteiger partial charge in [0, 0.05) is 0 Å². The molecule has 0 saturated carbocycles. The van der Waals surface area contributed by atoms with E-state index in [4.69, 9.17) is 0 Å². The van der Waals surface area contributed by atoms with Crippen LogP contribution in [0, 0.1) is 0 Å². The Morgan fingerprint density at radius 1 is 0.511 bits per heavy atom. The van der Waals surface area contributed by atoms with Gasteiger partial charge in [-0.05, 0) is 44.9 Å². The van der Waals surface area contributed by atoms with E-state index in [0.717, 1.165) is 32.1 Å². The molecule has 5 nitrogen and oxygen atoms in total. The minimum Gasteiger partial charge on any atom is -0.394 e. The second-order valence-electron chi connectivity index (χ2n) is 14.2. The minimum absolute atomic E-state index is 0.364. The van der Waals surface area contributed by atoms with E-state index in [2.05, 4.69) is 31.3 Å². The molecular formula is C42H81NO4. The fraction of sp³-hybridized carbons (Fsp3) is 0.881. The van der Waals surface area contributed by atoms with Crippen LogP contribution >= 0.6 is 0 Å². The monoisotopic (exact) mass is 664 g/mol. The highest BCUT2D eigenvalue weighted by Crippen LogP contribution is 2.14. The fourth-order valence-corrected chi connectivity index (χ4v) is 6.24. The standard InChI is InChI=1S/C42H81NO4/c1-3-5-7-9-11-13-15-17-18-19-20-21-22-23-25-27-29-31-33-35-37-41(46)42(47)43-39(38-44)40(45)36-34-32-30-28-26-24-16-14-12-10-8-6-4-2/h21-22,34,36,39-41,44-46H,3-20,23-33,35,37-38H2,1-2H3,(H,43,47). The van der Waals surface area contributed by atoms with E-state index < -0.39 is 24.2 Å². The zero-order valence-corrected chi connectivity index (χ0v) is 31.4. The summed E-state index contributed by atoms with van der Waals surface area (Å²) in [6.07, 6.45) is 44.8. The number of allylic oxidation sites excluding steroid dienone is 3. The van der Waals surface area contributed by atoms with E-state index >= 15 is 0 Å². The van der Waals surface area contributed by atoms with Gasteiger partial charge in [0.25, 0.3) is 0 Å². The van der Waals surface area contributed by atoms with Gasteiger partial charge in [-0.2, -0.15) is 0 Å². The molecule has 4 N–H and O–H groups in total. The number of rotatable bonds is 37. The molecule has 0 heterocycles. The van der Waals surface area contributed by atoms with Crippen molar-refractivity contribution in [3.05, 3.63) is 24.3 Å². The van der Waals surface area contributed by atoms with E-state index in [-0.39, 0.29) is 6.61 Å². The number of amides is 1. The van der Waals surface area contributed by atoms with Crippen molar-refractivity contribution in [1.29, 1.82) is 0 Å². The number of unbranched alkanes of at least 4 members (excludes halogenated alkanes) is 27. The summed E-state index contributed by atoms with van der Waals surface area (Å²) in [5.41, 5.74) is 0. The molecule has 0 aliphatic rings. The average molecular weight is 664 g/mol. The molecule has 0 aliphatic carbocycles. The Bertz CT molecular complexity index is 694. The van der Waals surface area contributed by atoms with Gasteiger partial charge in [0.2, 0.25) is 5.91 Å². The van der Waals surface area contributed by atoms with Gasteiger partial charge >= 0.3 is 0 Å². The van der Waals surface area contributed by atoms with Crippen molar-refractivity contribution in [2.45, 2.75) is 231 Å². The van der Waals surface area contributed by atoms with Gasteiger partial charge in [0.15, 0.2) is 0 Å². The summed E-state index contributed by atoms with van der Waals surface area (Å²) >= 11 is 0. The third kappa shape index (κ3) is 33.1. The maximum Gasteiger partial charge on any atom is 0.249 e. The lowest BCUT2D eigenvalue weighted by Crippen LogP contribution is -2.48. The number of nitrogens with one attached hydrogen (secondary N) is 1. The number of hydrogen-bond donors (Lipinski definition) is 4. The van der Waals surface area contributed by atoms with Crippen molar-refractivity contribution in [3.63, 3.8) is 0 Å². The Morgan fingerprint density at radius 2 is 0.851 bits per heavy atom. The highest BCUT2D eigenvalue weighted by molar-refractivity contribution is 5.80. The molecule has 0 aromatic carbocycles. The maximum atomic E-state index is 12.4. The first kappa shape index (κ1) is 45.8. The normalized spacial score (nSPS) is 13.9. The lowest BCUT2D eigenvalue weighted by Gasteiger charge is -2.21. The number of aliphatic hydroxyl groups is 3. The summed E-state index contributed by atoms with van der Waals surface area (Å²) in [5, 5.41) is 33.0. The van der Waals surface area contributed by atoms with E-state index in [1.54, 1.807) is 6.08 Å². The molecule has 3 unspecified atom stereocenters. The molecular weight excluding hydrogens is 582 g/mol. The third-order valence-electron chi connectivity index (χ3n) is 9.54. The highest BCUT2D eigenvalue weighted by Gasteiger charge is 2.22. The summed E-state index contributed by atoms with van der Waals surface area (Å²) in [6, 6.07) is -0.797. The molecule has 0 fully saturated rings. The summed E-state index contributed by atoms with van der Waals surface area (Å²) in [4.78, 5) is 12.4. The first-order chi connectivity index (χ1) is 23.1. The highest BCUT2D eigenvalue weighted by atomic mass is 16.3. The van der Waals surface area contributed by atoms with Gasteiger partial charge in [-0.25, -0.2) is 0 Å². The molecule has 278 valence electrons. The predicted octanol–water partition coefficient (Wildman–Crippen LogP) is 11.4. The van der Waals surface area contributed by atoms with Crippen LogP contribution in [0.2, 0.25) is 0 Å². The average Bonchev–Trinajstić information content (AvgIpc) is 3.07. The molecule has 1 amide bonds. The van der Waals surface area contributed by atoms with E-state index in [9.17, 15) is 20.1 Å². The topological polar surface area (TPSA) is 89.8 Å². The maximum absolute atomic E-state index is 12.4. The third-order valence-corrected chi connectivity index (χ3v) is 9.54. The van der Waals surface area contributed by atoms with Crippen molar-refractivity contribution >= 4 is 5.91 Å². The first-order valence-electron chi connectivity index (χ1n) is 20.7. The lowest BCUT2D eigenvalue weighted by atomic mass is 10.0. The van der Waals surface area contributed by atoms with E-state index in [0.29, 0.717) is 6.42 Å². The molecule has 47 heavy (non-hydrogen) atoms. The van der Waals surface area contributed by atoms with E-state index in [1.807, 2.05) is 6.08 Å². The van der Waals surface area contributed by atoms with Crippen LogP contribution in [0.1, 0.15) is 213 Å². The Kier molecular flexibility index (Phi) is 36.7. The zero-order valence-electron chi connectivity index (χ0n) is 31.4. The Morgan fingerprint density at radius 3 is 1.23 bits per heavy atom. The number of carbonyl (C=O) groups is 1. The predicted molar refractivity (Wildman–Crippen MR) is 204 cm³/mol. The SMILES string of the molecule is CCCCCCCCCCCCC=CCCCCCCCCC(O)C(=O)NC(CO)C(O)C=CCCCCCCCCCCCCC. The summed E-state index contributed by atoms with van der Waals surface area (Å²) < 4.78 is 0. The molecule has 0 bridgehead atoms. The lowest BCUT2D eigenvalue weighted by molar-refractivity contribution is -0.131. The smallest absolute Gasteiger partial charge is 0.249 e. The zero-order chi connectivity index (χ0) is 34.5. The molecule has 0 saturated heterocycles. The van der Waals surface area contributed by atoms with Gasteiger partial charge < -0.3 is 20.6 Å². The molecule has 0 aromatic rings. The Balaban J connectivity index is 3.69. The summed E-state index contributed by atoms with van der Waals surface area (Å²) in [5.74, 6) is -0.508. The fourth-order valence-electron chi connectivity index (χ4n) is 6.24. The molecule has 0 spiro atoms. The van der Waals surface area contributed by atoms with Crippen molar-refractivity contribution in [1.82, 2.24) is 5.32 Å². The minimum atomic E-state index is -1.10. The van der Waals surface area contributed by atoms with Crippen LogP contribution in [0.15, 0.2) is 24.3 Å². The summed E-state index contributed by atoms with van der Waals surface area (Å²) in [6.45, 7) is 4.17.